The van der Waals surface area contributed by atoms with E-state index >= 15 is 0 Å². The average molecular weight is 389 g/mol. The number of carbonyl (C=O) groups is 1. The zero-order valence-electron chi connectivity index (χ0n) is 17.4. The zero-order valence-corrected chi connectivity index (χ0v) is 17.4. The lowest BCUT2D eigenvalue weighted by Gasteiger charge is -2.13. The number of hydrogen-bond donors (Lipinski definition) is 0. The molecule has 0 aliphatic carbocycles. The lowest BCUT2D eigenvalue weighted by Crippen LogP contribution is -1.97. The second-order valence-electron chi connectivity index (χ2n) is 7.93. The number of ketones is 1. The topological polar surface area (TPSA) is 21.5 Å². The van der Waals surface area contributed by atoms with Gasteiger partial charge in [0.2, 0.25) is 0 Å². The molecule has 0 saturated carbocycles. The van der Waals surface area contributed by atoms with Crippen LogP contribution in [0.3, 0.4) is 0 Å². The maximum absolute atomic E-state index is 12.9. The number of Topliss-reactive ketones (excluding diaryl/α,β-unsaturated/α-hetero) is 1. The third kappa shape index (κ3) is 2.76. The number of benzene rings is 3. The number of nitrogens with zero attached hydrogens (tertiary/aromatic N) is 1. The summed E-state index contributed by atoms with van der Waals surface area (Å²) >= 11 is 0. The van der Waals surface area contributed by atoms with E-state index in [1.807, 2.05) is 24.3 Å². The molecule has 0 bridgehead atoms. The van der Waals surface area contributed by atoms with Crippen LogP contribution in [-0.2, 0) is 0 Å². The quantitative estimate of drug-likeness (QED) is 0.298. The smallest absolute Gasteiger partial charge is 0.162 e. The molecule has 0 spiro atoms. The predicted octanol–water partition coefficient (Wildman–Crippen LogP) is 7.25. The highest BCUT2D eigenvalue weighted by Gasteiger charge is 2.24. The van der Waals surface area contributed by atoms with Gasteiger partial charge >= 0.3 is 0 Å². The van der Waals surface area contributed by atoms with Crippen molar-refractivity contribution < 1.29 is 4.79 Å². The van der Waals surface area contributed by atoms with Crippen LogP contribution in [0.1, 0.15) is 28.5 Å². The van der Waals surface area contributed by atoms with Crippen LogP contribution in [0.15, 0.2) is 84.9 Å². The molecular formula is C28H23NO. The van der Waals surface area contributed by atoms with Gasteiger partial charge in [-0.25, -0.2) is 0 Å². The average Bonchev–Trinajstić information content (AvgIpc) is 3.08. The second-order valence-corrected chi connectivity index (χ2v) is 7.93. The molecule has 0 fully saturated rings. The van der Waals surface area contributed by atoms with Crippen molar-refractivity contribution in [2.24, 2.45) is 0 Å². The van der Waals surface area contributed by atoms with Crippen molar-refractivity contribution in [3.05, 3.63) is 102 Å². The number of fused-ring (bicyclic) bond motifs is 3. The molecule has 2 heteroatoms. The minimum Gasteiger partial charge on any atom is -0.312 e. The van der Waals surface area contributed by atoms with Gasteiger partial charge in [-0.1, -0.05) is 72.3 Å². The van der Waals surface area contributed by atoms with Crippen molar-refractivity contribution >= 4 is 22.2 Å². The first-order valence-corrected chi connectivity index (χ1v) is 10.3. The zero-order chi connectivity index (χ0) is 20.8. The Morgan fingerprint density at radius 3 is 2.03 bits per heavy atom. The maximum atomic E-state index is 12.9. The molecular weight excluding hydrogens is 366 g/mol. The van der Waals surface area contributed by atoms with Gasteiger partial charge in [-0.15, -0.1) is 0 Å². The Kier molecular flexibility index (Phi) is 4.29. The van der Waals surface area contributed by atoms with Crippen LogP contribution in [-0.4, -0.2) is 10.2 Å². The van der Waals surface area contributed by atoms with E-state index in [1.54, 1.807) is 6.92 Å². The van der Waals surface area contributed by atoms with Crippen molar-refractivity contribution in [1.29, 1.82) is 0 Å². The molecule has 3 aromatic carbocycles. The minimum atomic E-state index is 0.0920. The third-order valence-electron chi connectivity index (χ3n) is 5.89. The Morgan fingerprint density at radius 2 is 1.40 bits per heavy atom. The van der Waals surface area contributed by atoms with Gasteiger partial charge < -0.3 is 4.40 Å². The first-order chi connectivity index (χ1) is 14.6. The van der Waals surface area contributed by atoms with E-state index in [0.717, 1.165) is 44.5 Å². The largest absolute Gasteiger partial charge is 0.312 e. The summed E-state index contributed by atoms with van der Waals surface area (Å²) in [4.78, 5) is 12.9. The molecule has 0 amide bonds. The molecule has 2 heterocycles. The SMILES string of the molecule is CC(=O)c1c(-c2ccccc2)c2c(-c3ccccc3)cc3cc(C)ccc3n2c1C. The predicted molar refractivity (Wildman–Crippen MR) is 125 cm³/mol. The molecule has 0 atom stereocenters. The van der Waals surface area contributed by atoms with E-state index < -0.39 is 0 Å². The van der Waals surface area contributed by atoms with E-state index in [4.69, 9.17) is 0 Å². The first-order valence-electron chi connectivity index (χ1n) is 10.3. The number of hydrogen-bond acceptors (Lipinski definition) is 1. The summed E-state index contributed by atoms with van der Waals surface area (Å²) in [5.41, 5.74) is 9.59. The summed E-state index contributed by atoms with van der Waals surface area (Å²) in [6.45, 7) is 5.84. The van der Waals surface area contributed by atoms with Crippen LogP contribution in [0.5, 0.6) is 0 Å². The fraction of sp³-hybridized carbons (Fsp3) is 0.107. The highest BCUT2D eigenvalue weighted by molar-refractivity contribution is 6.11. The van der Waals surface area contributed by atoms with E-state index in [9.17, 15) is 4.79 Å². The van der Waals surface area contributed by atoms with Crippen molar-refractivity contribution in [3.63, 3.8) is 0 Å². The number of carbonyl (C=O) groups excluding carboxylic acids is 1. The molecule has 5 rings (SSSR count). The summed E-state index contributed by atoms with van der Waals surface area (Å²) in [6.07, 6.45) is 0. The van der Waals surface area contributed by atoms with Crippen LogP contribution in [0.4, 0.5) is 0 Å². The Bertz CT molecular complexity index is 1410. The van der Waals surface area contributed by atoms with Crippen molar-refractivity contribution in [3.8, 4) is 22.3 Å². The Hall–Kier alpha value is -3.65. The highest BCUT2D eigenvalue weighted by atomic mass is 16.1. The van der Waals surface area contributed by atoms with Gasteiger partial charge in [0.05, 0.1) is 11.0 Å². The van der Waals surface area contributed by atoms with Gasteiger partial charge in [0.1, 0.15) is 0 Å². The van der Waals surface area contributed by atoms with E-state index in [0.29, 0.717) is 0 Å². The molecule has 5 aromatic rings. The van der Waals surface area contributed by atoms with Crippen LogP contribution in [0.25, 0.3) is 38.7 Å². The first kappa shape index (κ1) is 18.4. The van der Waals surface area contributed by atoms with Crippen LogP contribution in [0.2, 0.25) is 0 Å². The number of aromatic nitrogens is 1. The molecule has 0 aliphatic heterocycles. The fourth-order valence-corrected chi connectivity index (χ4v) is 4.62. The van der Waals surface area contributed by atoms with Gasteiger partial charge in [-0.05, 0) is 55.5 Å². The molecule has 0 N–H and O–H groups in total. The van der Waals surface area contributed by atoms with Gasteiger partial charge in [0, 0.05) is 22.4 Å². The summed E-state index contributed by atoms with van der Waals surface area (Å²) in [7, 11) is 0. The third-order valence-corrected chi connectivity index (χ3v) is 5.89. The van der Waals surface area contributed by atoms with Crippen LogP contribution < -0.4 is 0 Å². The van der Waals surface area contributed by atoms with E-state index in [1.165, 1.54) is 10.9 Å². The molecule has 0 saturated heterocycles. The summed E-state index contributed by atoms with van der Waals surface area (Å²) < 4.78 is 2.27. The lowest BCUT2D eigenvalue weighted by molar-refractivity contribution is 0.101. The Labute approximate surface area is 176 Å². The van der Waals surface area contributed by atoms with Gasteiger partial charge in [-0.2, -0.15) is 0 Å². The molecule has 2 aromatic heterocycles. The van der Waals surface area contributed by atoms with Crippen LogP contribution in [0, 0.1) is 13.8 Å². The summed E-state index contributed by atoms with van der Waals surface area (Å²) in [6, 6.07) is 29.5. The molecule has 0 unspecified atom stereocenters. The lowest BCUT2D eigenvalue weighted by atomic mass is 9.94. The summed E-state index contributed by atoms with van der Waals surface area (Å²) in [5.74, 6) is 0.0920. The van der Waals surface area contributed by atoms with E-state index in [2.05, 4.69) is 78.9 Å². The number of pyridine rings is 1. The molecule has 0 aliphatic rings. The van der Waals surface area contributed by atoms with E-state index in [-0.39, 0.29) is 5.78 Å². The van der Waals surface area contributed by atoms with Crippen molar-refractivity contribution in [2.45, 2.75) is 20.8 Å². The fourth-order valence-electron chi connectivity index (χ4n) is 4.62. The molecule has 146 valence electrons. The highest BCUT2D eigenvalue weighted by Crippen LogP contribution is 2.41. The van der Waals surface area contributed by atoms with Crippen LogP contribution >= 0.6 is 0 Å². The second kappa shape index (κ2) is 7.00. The van der Waals surface area contributed by atoms with Gasteiger partial charge in [0.25, 0.3) is 0 Å². The van der Waals surface area contributed by atoms with Gasteiger partial charge in [-0.3, -0.25) is 4.79 Å². The van der Waals surface area contributed by atoms with Crippen molar-refractivity contribution in [1.82, 2.24) is 4.40 Å². The maximum Gasteiger partial charge on any atom is 0.162 e. The molecule has 30 heavy (non-hydrogen) atoms. The number of rotatable bonds is 3. The van der Waals surface area contributed by atoms with Crippen molar-refractivity contribution in [2.75, 3.05) is 0 Å². The molecule has 2 nitrogen and oxygen atoms in total. The monoisotopic (exact) mass is 389 g/mol. The normalized spacial score (nSPS) is 11.3. The Morgan fingerprint density at radius 1 is 0.767 bits per heavy atom. The standard InChI is InChI=1S/C28H23NO/c1-18-14-15-25-23(16-18)17-24(21-10-6-4-7-11-21)28-27(22-12-8-5-9-13-22)26(20(3)30)19(2)29(25)28/h4-17H,1-3H3. The Balaban J connectivity index is 2.07. The molecule has 0 radical (unpaired) electrons. The van der Waals surface area contributed by atoms with Gasteiger partial charge in [0.15, 0.2) is 5.78 Å². The summed E-state index contributed by atoms with van der Waals surface area (Å²) in [5, 5.41) is 1.18. The minimum absolute atomic E-state index is 0.0920. The number of aryl methyl sites for hydroxylation is 2.